The third kappa shape index (κ3) is 5.44. The quantitative estimate of drug-likeness (QED) is 0.673. The average molecular weight is 432 g/mol. The fourth-order valence-electron chi connectivity index (χ4n) is 3.69. The molecule has 1 unspecified atom stereocenters. The Bertz CT molecular complexity index is 869. The second-order valence-electron chi connectivity index (χ2n) is 7.69. The third-order valence-electron chi connectivity index (χ3n) is 5.49. The van der Waals surface area contributed by atoms with Crippen LogP contribution >= 0.6 is 11.6 Å². The number of hydrogen-bond acceptors (Lipinski definition) is 8. The summed E-state index contributed by atoms with van der Waals surface area (Å²) in [5.74, 6) is 1.03. The second kappa shape index (κ2) is 10.1. The molecule has 0 spiro atoms. The van der Waals surface area contributed by atoms with Crippen LogP contribution in [0.25, 0.3) is 11.3 Å². The zero-order chi connectivity index (χ0) is 20.8. The molecular formula is C21H26ClN5O3. The summed E-state index contributed by atoms with van der Waals surface area (Å²) in [5, 5.41) is 6.99. The summed E-state index contributed by atoms with van der Waals surface area (Å²) in [7, 11) is 0. The van der Waals surface area contributed by atoms with E-state index in [1.807, 2.05) is 0 Å². The van der Waals surface area contributed by atoms with Crippen LogP contribution < -0.4 is 15.4 Å². The topological polar surface area (TPSA) is 98.3 Å². The highest BCUT2D eigenvalue weighted by Crippen LogP contribution is 2.29. The van der Waals surface area contributed by atoms with Gasteiger partial charge in [-0.2, -0.15) is 0 Å². The van der Waals surface area contributed by atoms with Gasteiger partial charge >= 0.3 is 5.97 Å². The van der Waals surface area contributed by atoms with E-state index in [1.54, 1.807) is 18.5 Å². The Morgan fingerprint density at radius 3 is 2.93 bits per heavy atom. The predicted octanol–water partition coefficient (Wildman–Crippen LogP) is 2.94. The Hall–Kier alpha value is -2.29. The van der Waals surface area contributed by atoms with Crippen molar-refractivity contribution in [2.75, 3.05) is 38.2 Å². The first-order chi connectivity index (χ1) is 14.7. The van der Waals surface area contributed by atoms with Crippen molar-refractivity contribution in [3.8, 4) is 17.1 Å². The van der Waals surface area contributed by atoms with Gasteiger partial charge in [0.2, 0.25) is 5.88 Å². The van der Waals surface area contributed by atoms with Crippen molar-refractivity contribution in [2.24, 2.45) is 11.8 Å². The van der Waals surface area contributed by atoms with E-state index >= 15 is 0 Å². The lowest BCUT2D eigenvalue weighted by molar-refractivity contribution is -0.139. The number of esters is 1. The number of nitrogens with zero attached hydrogens (tertiary/aromatic N) is 3. The van der Waals surface area contributed by atoms with Gasteiger partial charge in [-0.15, -0.1) is 0 Å². The molecule has 4 rings (SSSR count). The molecule has 160 valence electrons. The summed E-state index contributed by atoms with van der Waals surface area (Å²) in [4.78, 5) is 25.5. The SMILES string of the molecule is O=C(Oc1cc(-c2cncc(NCC3CCOCC3)n2)c(Cl)cn1)C1CCCNC1. The van der Waals surface area contributed by atoms with E-state index in [1.165, 1.54) is 6.20 Å². The number of pyridine rings is 1. The fraction of sp³-hybridized carbons (Fsp3) is 0.524. The number of carbonyl (C=O) groups is 1. The van der Waals surface area contributed by atoms with Crippen molar-refractivity contribution in [1.82, 2.24) is 20.3 Å². The highest BCUT2D eigenvalue weighted by Gasteiger charge is 2.23. The molecule has 2 aliphatic heterocycles. The maximum Gasteiger partial charge on any atom is 0.316 e. The molecule has 30 heavy (non-hydrogen) atoms. The minimum atomic E-state index is -0.277. The lowest BCUT2D eigenvalue weighted by Gasteiger charge is -2.22. The Balaban J connectivity index is 1.45. The number of piperidine rings is 1. The van der Waals surface area contributed by atoms with Crippen molar-refractivity contribution in [3.63, 3.8) is 0 Å². The minimum absolute atomic E-state index is 0.155. The molecular weight excluding hydrogens is 406 g/mol. The molecule has 0 aliphatic carbocycles. The van der Waals surface area contributed by atoms with Crippen LogP contribution in [-0.4, -0.2) is 53.8 Å². The summed E-state index contributed by atoms with van der Waals surface area (Å²) in [5.41, 5.74) is 1.22. The maximum atomic E-state index is 12.4. The largest absolute Gasteiger partial charge is 0.407 e. The van der Waals surface area contributed by atoms with Gasteiger partial charge in [0, 0.05) is 37.9 Å². The van der Waals surface area contributed by atoms with E-state index in [0.29, 0.717) is 34.6 Å². The number of rotatable bonds is 6. The van der Waals surface area contributed by atoms with Crippen molar-refractivity contribution >= 4 is 23.4 Å². The van der Waals surface area contributed by atoms with E-state index in [2.05, 4.69) is 25.6 Å². The third-order valence-corrected chi connectivity index (χ3v) is 5.79. The Morgan fingerprint density at radius 2 is 2.13 bits per heavy atom. The molecule has 8 nitrogen and oxygen atoms in total. The van der Waals surface area contributed by atoms with Crippen molar-refractivity contribution in [3.05, 3.63) is 29.7 Å². The summed E-state index contributed by atoms with van der Waals surface area (Å²) in [6, 6.07) is 1.64. The molecule has 2 aromatic heterocycles. The Kier molecular flexibility index (Phi) is 7.09. The Labute approximate surface area is 180 Å². The lowest BCUT2D eigenvalue weighted by Crippen LogP contribution is -2.36. The molecule has 0 amide bonds. The summed E-state index contributed by atoms with van der Waals surface area (Å²) < 4.78 is 10.9. The van der Waals surface area contributed by atoms with Crippen LogP contribution in [0.5, 0.6) is 5.88 Å². The first kappa shape index (κ1) is 21.0. The fourth-order valence-corrected chi connectivity index (χ4v) is 3.89. The minimum Gasteiger partial charge on any atom is -0.407 e. The van der Waals surface area contributed by atoms with Crippen molar-refractivity contribution in [1.29, 1.82) is 0 Å². The van der Waals surface area contributed by atoms with E-state index in [-0.39, 0.29) is 17.8 Å². The lowest BCUT2D eigenvalue weighted by atomic mass is 10.0. The normalized spacial score (nSPS) is 20.0. The number of carbonyl (C=O) groups excluding carboxylic acids is 1. The van der Waals surface area contributed by atoms with Gasteiger partial charge in [0.15, 0.2) is 0 Å². The van der Waals surface area contributed by atoms with E-state index < -0.39 is 0 Å². The number of anilines is 1. The number of halogens is 1. The van der Waals surface area contributed by atoms with Gasteiger partial charge in [0.05, 0.1) is 35.2 Å². The molecule has 2 fully saturated rings. The highest BCUT2D eigenvalue weighted by molar-refractivity contribution is 6.33. The van der Waals surface area contributed by atoms with E-state index in [0.717, 1.165) is 52.0 Å². The van der Waals surface area contributed by atoms with Crippen LogP contribution in [0.3, 0.4) is 0 Å². The molecule has 0 radical (unpaired) electrons. The monoisotopic (exact) mass is 431 g/mol. The molecule has 2 N–H and O–H groups in total. The molecule has 1 atom stereocenters. The van der Waals surface area contributed by atoms with Crippen molar-refractivity contribution < 1.29 is 14.3 Å². The van der Waals surface area contributed by atoms with E-state index in [4.69, 9.17) is 21.1 Å². The standard InChI is InChI=1S/C21H26ClN5O3/c22-17-11-26-20(30-21(28)15-2-1-5-23-10-15)8-16(17)18-12-24-13-19(27-18)25-9-14-3-6-29-7-4-14/h8,11-15,23H,1-7,9-10H2,(H,25,27). The van der Waals surface area contributed by atoms with Gasteiger partial charge in [-0.05, 0) is 38.1 Å². The van der Waals surface area contributed by atoms with E-state index in [9.17, 15) is 4.79 Å². The first-order valence-corrected chi connectivity index (χ1v) is 10.8. The van der Waals surface area contributed by atoms with Gasteiger partial charge in [-0.1, -0.05) is 11.6 Å². The zero-order valence-corrected chi connectivity index (χ0v) is 17.5. The molecule has 2 aromatic rings. The average Bonchev–Trinajstić information content (AvgIpc) is 2.80. The van der Waals surface area contributed by atoms with Crippen LogP contribution in [0.2, 0.25) is 5.02 Å². The Morgan fingerprint density at radius 1 is 1.27 bits per heavy atom. The van der Waals surface area contributed by atoms with Crippen LogP contribution in [0, 0.1) is 11.8 Å². The van der Waals surface area contributed by atoms with Crippen LogP contribution in [0.4, 0.5) is 5.82 Å². The van der Waals surface area contributed by atoms with Gasteiger partial charge < -0.3 is 20.1 Å². The second-order valence-corrected chi connectivity index (χ2v) is 8.10. The summed E-state index contributed by atoms with van der Waals surface area (Å²) >= 11 is 6.35. The maximum absolute atomic E-state index is 12.4. The smallest absolute Gasteiger partial charge is 0.316 e. The molecule has 0 saturated carbocycles. The van der Waals surface area contributed by atoms with Gasteiger partial charge in [-0.25, -0.2) is 9.97 Å². The number of ether oxygens (including phenoxy) is 2. The molecule has 0 bridgehead atoms. The molecule has 2 aliphatic rings. The predicted molar refractivity (Wildman–Crippen MR) is 114 cm³/mol. The van der Waals surface area contributed by atoms with Crippen molar-refractivity contribution in [2.45, 2.75) is 25.7 Å². The summed E-state index contributed by atoms with van der Waals surface area (Å²) in [6.45, 7) is 4.01. The van der Waals surface area contributed by atoms with Gasteiger partial charge in [0.1, 0.15) is 5.82 Å². The summed E-state index contributed by atoms with van der Waals surface area (Å²) in [6.07, 6.45) is 8.67. The number of nitrogens with one attached hydrogen (secondary N) is 2. The van der Waals surface area contributed by atoms with Crippen LogP contribution in [0.15, 0.2) is 24.7 Å². The van der Waals surface area contributed by atoms with Gasteiger partial charge in [0.25, 0.3) is 0 Å². The van der Waals surface area contributed by atoms with Crippen LogP contribution in [0.1, 0.15) is 25.7 Å². The number of aromatic nitrogens is 3. The molecule has 9 heteroatoms. The number of hydrogen-bond donors (Lipinski definition) is 2. The molecule has 0 aromatic carbocycles. The van der Waals surface area contributed by atoms with Crippen LogP contribution in [-0.2, 0) is 9.53 Å². The molecule has 4 heterocycles. The van der Waals surface area contributed by atoms with Gasteiger partial charge in [-0.3, -0.25) is 9.78 Å². The zero-order valence-electron chi connectivity index (χ0n) is 16.8. The molecule has 2 saturated heterocycles. The highest BCUT2D eigenvalue weighted by atomic mass is 35.5. The first-order valence-electron chi connectivity index (χ1n) is 10.4.